The van der Waals surface area contributed by atoms with Gasteiger partial charge in [-0.15, -0.1) is 0 Å². The molecule has 0 saturated carbocycles. The van der Waals surface area contributed by atoms with Crippen molar-refractivity contribution in [1.82, 2.24) is 31.2 Å². The van der Waals surface area contributed by atoms with Crippen LogP contribution in [-0.4, -0.2) is 72.5 Å². The molecule has 0 spiro atoms. The van der Waals surface area contributed by atoms with Crippen LogP contribution in [0.1, 0.15) is 74.7 Å². The Morgan fingerprint density at radius 2 is 1.10 bits per heavy atom. The average Bonchev–Trinajstić information content (AvgIpc) is 3.22. The van der Waals surface area contributed by atoms with Crippen LogP contribution in [0.3, 0.4) is 0 Å². The lowest BCUT2D eigenvalue weighted by atomic mass is 9.84. The Bertz CT molecular complexity index is 4300. The zero-order valence-electron chi connectivity index (χ0n) is 45.0. The van der Waals surface area contributed by atoms with Crippen LogP contribution in [0.4, 0.5) is 8.78 Å². The van der Waals surface area contributed by atoms with Crippen molar-refractivity contribution in [1.29, 1.82) is 0 Å². The number of furan rings is 2. The first kappa shape index (κ1) is 53.7. The summed E-state index contributed by atoms with van der Waals surface area (Å²) in [7, 11) is 3.03. The van der Waals surface area contributed by atoms with Gasteiger partial charge >= 0.3 is 0 Å². The fourth-order valence-electron chi connectivity index (χ4n) is 10.3. The molecule has 4 heterocycles. The van der Waals surface area contributed by atoms with E-state index < -0.39 is 34.3 Å². The summed E-state index contributed by atoms with van der Waals surface area (Å²) in [5.41, 5.74) is 7.41. The highest BCUT2D eigenvalue weighted by molar-refractivity contribution is 6.30. The van der Waals surface area contributed by atoms with E-state index in [2.05, 4.69) is 31.2 Å². The summed E-state index contributed by atoms with van der Waals surface area (Å²) in [5.74, 6) is -2.07. The largest absolute Gasteiger partial charge is 0.454 e. The van der Waals surface area contributed by atoms with Crippen LogP contribution in [0.15, 0.2) is 155 Å². The summed E-state index contributed by atoms with van der Waals surface area (Å²) >= 11 is 6.26. The van der Waals surface area contributed by atoms with Gasteiger partial charge < -0.3 is 45.2 Å². The predicted octanol–water partition coefficient (Wildman–Crippen LogP) is 13.6. The summed E-state index contributed by atoms with van der Waals surface area (Å²) in [4.78, 5) is 63.6. The molecule has 4 aromatic heterocycles. The van der Waals surface area contributed by atoms with Gasteiger partial charge in [0.15, 0.2) is 0 Å². The third kappa shape index (κ3) is 10.1. The number of carbonyl (C=O) groups is 4. The maximum Gasteiger partial charge on any atom is 0.255 e. The summed E-state index contributed by atoms with van der Waals surface area (Å²) < 4.78 is 41.9. The quantitative estimate of drug-likeness (QED) is 0.0530. The van der Waals surface area contributed by atoms with Crippen LogP contribution in [0.25, 0.3) is 99.9 Å². The highest BCUT2D eigenvalue weighted by Gasteiger charge is 2.29. The number of aromatic amines is 2. The fourth-order valence-corrected chi connectivity index (χ4v) is 10.5. The number of halogens is 3. The van der Waals surface area contributed by atoms with E-state index in [1.165, 1.54) is 50.5 Å². The summed E-state index contributed by atoms with van der Waals surface area (Å²) in [6.07, 6.45) is 1.76. The first-order chi connectivity index (χ1) is 38.8. The maximum absolute atomic E-state index is 14.8. The molecule has 0 saturated heterocycles. The molecule has 16 heteroatoms. The van der Waals surface area contributed by atoms with Gasteiger partial charge in [0.05, 0.1) is 22.2 Å². The van der Waals surface area contributed by atoms with Gasteiger partial charge in [-0.2, -0.15) is 0 Å². The van der Waals surface area contributed by atoms with Gasteiger partial charge in [-0.05, 0) is 138 Å². The molecule has 0 unspecified atom stereocenters. The van der Waals surface area contributed by atoms with E-state index in [1.807, 2.05) is 88.4 Å². The maximum atomic E-state index is 14.8. The van der Waals surface area contributed by atoms with Crippen LogP contribution in [0, 0.1) is 17.0 Å². The van der Waals surface area contributed by atoms with E-state index in [9.17, 15) is 33.1 Å². The third-order valence-corrected chi connectivity index (χ3v) is 15.2. The van der Waals surface area contributed by atoms with Crippen molar-refractivity contribution in [3.63, 3.8) is 0 Å². The number of hydrogen-bond acceptors (Lipinski definition) is 7. The summed E-state index contributed by atoms with van der Waals surface area (Å²) in [6.45, 7) is 8.08. The van der Waals surface area contributed by atoms with E-state index in [1.54, 1.807) is 48.7 Å². The minimum atomic E-state index is -0.570. The molecular formula is C65H55ClF2N6O7. The molecule has 81 heavy (non-hydrogen) atoms. The number of aliphatic hydroxyl groups is 1. The Morgan fingerprint density at radius 3 is 1.69 bits per heavy atom. The van der Waals surface area contributed by atoms with E-state index in [4.69, 9.17) is 20.4 Å². The van der Waals surface area contributed by atoms with Gasteiger partial charge in [0.2, 0.25) is 0 Å². The van der Waals surface area contributed by atoms with Crippen LogP contribution in [0.2, 0.25) is 5.02 Å². The first-order valence-electron chi connectivity index (χ1n) is 26.2. The number of fused-ring (bicyclic) bond motifs is 6. The topological polar surface area (TPSA) is 194 Å². The van der Waals surface area contributed by atoms with Gasteiger partial charge in [0.25, 0.3) is 23.6 Å². The smallest absolute Gasteiger partial charge is 0.255 e. The standard InChI is InChI=1S/C65H55ClF2N6O7/c1-64(2,33-75)31-72-60(76)37-9-7-8-36(24-37)46-28-49-53(63(79)70-6)57(35-12-20-44(68)21-13-35)81-59(49)50-30-51(74-55(46)50)39-25-38(26-40(27-39)61(77)73-32-65(3,4)41-14-16-42(66)17-15-41)47-29-48-52(62(78)69-5)56(34-10-18-43(67)19-11-34)80-58(48)45-22-23-71-54(45)47/h7-30,71,74-75H,31-33H2,1-6H3,(H,69,78)(H,70,79)(H,72,76)(H,73,77). The number of aliphatic hydroxyl groups excluding tert-OH is 1. The number of nitrogens with one attached hydrogen (secondary N) is 6. The van der Waals surface area contributed by atoms with Crippen molar-refractivity contribution in [3.05, 3.63) is 190 Å². The molecule has 0 aliphatic heterocycles. The second-order valence-electron chi connectivity index (χ2n) is 21.6. The molecule has 13 nitrogen and oxygen atoms in total. The Labute approximate surface area is 468 Å². The number of rotatable bonds is 15. The molecule has 7 aromatic carbocycles. The highest BCUT2D eigenvalue weighted by atomic mass is 35.5. The fraction of sp³-hybridized carbons (Fsp3) is 0.169. The number of hydrogen-bond donors (Lipinski definition) is 7. The van der Waals surface area contributed by atoms with Crippen molar-refractivity contribution < 1.29 is 41.9 Å². The van der Waals surface area contributed by atoms with E-state index in [0.717, 1.165) is 5.56 Å². The lowest BCUT2D eigenvalue weighted by Crippen LogP contribution is -2.36. The molecule has 7 N–H and O–H groups in total. The lowest BCUT2D eigenvalue weighted by molar-refractivity contribution is 0.0908. The van der Waals surface area contributed by atoms with Crippen LogP contribution >= 0.6 is 11.6 Å². The molecule has 0 fully saturated rings. The van der Waals surface area contributed by atoms with Crippen molar-refractivity contribution in [2.45, 2.75) is 33.1 Å². The summed E-state index contributed by atoms with van der Waals surface area (Å²) in [5, 5.41) is 24.2. The molecule has 0 aliphatic rings. The molecule has 4 amide bonds. The second kappa shape index (κ2) is 21.1. The van der Waals surface area contributed by atoms with Gasteiger partial charge in [-0.1, -0.05) is 63.6 Å². The minimum absolute atomic E-state index is 0.134. The van der Waals surface area contributed by atoms with Gasteiger partial charge in [0, 0.05) is 116 Å². The molecule has 0 bridgehead atoms. The van der Waals surface area contributed by atoms with E-state index in [-0.39, 0.29) is 54.2 Å². The highest BCUT2D eigenvalue weighted by Crippen LogP contribution is 2.46. The normalized spacial score (nSPS) is 11.9. The van der Waals surface area contributed by atoms with E-state index >= 15 is 0 Å². The number of amides is 4. The van der Waals surface area contributed by atoms with Crippen molar-refractivity contribution in [3.8, 4) is 56.2 Å². The molecule has 408 valence electrons. The van der Waals surface area contributed by atoms with Crippen LogP contribution in [-0.2, 0) is 5.41 Å². The zero-order valence-corrected chi connectivity index (χ0v) is 45.8. The SMILES string of the molecule is CNC(=O)c1c(-c2ccc(F)cc2)oc2c1cc(-c1cc(C(=O)NCC(C)(C)c3ccc(Cl)cc3)cc(-c3cc4c([nH]3)c(-c3cccc(C(=O)NCC(C)(C)CO)c3)cc3c(C(=O)NC)c(-c5ccc(F)cc5)oc34)c1)c1[nH]ccc12. The Balaban J connectivity index is 1.14. The van der Waals surface area contributed by atoms with Gasteiger partial charge in [-0.25, -0.2) is 8.78 Å². The molecule has 0 radical (unpaired) electrons. The van der Waals surface area contributed by atoms with Crippen LogP contribution in [0.5, 0.6) is 0 Å². The Kier molecular flexibility index (Phi) is 14.0. The van der Waals surface area contributed by atoms with Crippen LogP contribution < -0.4 is 21.3 Å². The van der Waals surface area contributed by atoms with Gasteiger partial charge in [0.1, 0.15) is 34.3 Å². The van der Waals surface area contributed by atoms with Crippen molar-refractivity contribution in [2.75, 3.05) is 33.8 Å². The first-order valence-corrected chi connectivity index (χ1v) is 26.6. The number of aromatic nitrogens is 2. The molecule has 11 rings (SSSR count). The second-order valence-corrected chi connectivity index (χ2v) is 22.0. The van der Waals surface area contributed by atoms with E-state index in [0.29, 0.717) is 105 Å². The molecule has 0 atom stereocenters. The Hall–Kier alpha value is -9.31. The zero-order chi connectivity index (χ0) is 57.1. The number of benzene rings is 7. The summed E-state index contributed by atoms with van der Waals surface area (Å²) in [6, 6.07) is 38.8. The molecule has 11 aromatic rings. The molecule has 0 aliphatic carbocycles. The number of H-pyrrole nitrogens is 2. The predicted molar refractivity (Wildman–Crippen MR) is 314 cm³/mol. The van der Waals surface area contributed by atoms with Crippen molar-refractivity contribution >= 4 is 79.0 Å². The minimum Gasteiger partial charge on any atom is -0.454 e. The third-order valence-electron chi connectivity index (χ3n) is 14.9. The lowest BCUT2D eigenvalue weighted by Gasteiger charge is -2.26. The molecular weight excluding hydrogens is 1050 g/mol. The average molecular weight is 1110 g/mol. The number of carbonyl (C=O) groups excluding carboxylic acids is 4. The van der Waals surface area contributed by atoms with Crippen molar-refractivity contribution in [2.24, 2.45) is 5.41 Å². The van der Waals surface area contributed by atoms with Gasteiger partial charge in [-0.3, -0.25) is 19.2 Å². The monoisotopic (exact) mass is 1100 g/mol. The Morgan fingerprint density at radius 1 is 0.556 bits per heavy atom.